The number of hydrogen-bond acceptors (Lipinski definition) is 5. The monoisotopic (exact) mass is 291 g/mol. The van der Waals surface area contributed by atoms with Crippen LogP contribution in [0.4, 0.5) is 0 Å². The van der Waals surface area contributed by atoms with E-state index in [4.69, 9.17) is 5.11 Å². The molecule has 1 N–H and O–H groups in total. The van der Waals surface area contributed by atoms with Crippen molar-refractivity contribution in [2.75, 3.05) is 6.54 Å². The van der Waals surface area contributed by atoms with Gasteiger partial charge in [-0.15, -0.1) is 0 Å². The van der Waals surface area contributed by atoms with Gasteiger partial charge in [0.1, 0.15) is 12.9 Å². The van der Waals surface area contributed by atoms with Gasteiger partial charge in [0, 0.05) is 12.2 Å². The number of carboxylic acids is 1. The Morgan fingerprint density at radius 2 is 2.14 bits per heavy atom. The lowest BCUT2D eigenvalue weighted by molar-refractivity contribution is -0.138. The Labute approximate surface area is 121 Å². The van der Waals surface area contributed by atoms with E-state index in [-0.39, 0.29) is 18.5 Å². The van der Waals surface area contributed by atoms with E-state index in [0.717, 1.165) is 0 Å². The van der Waals surface area contributed by atoms with Gasteiger partial charge in [-0.25, -0.2) is 9.50 Å². The summed E-state index contributed by atoms with van der Waals surface area (Å²) in [5, 5.41) is 13.0. The lowest BCUT2D eigenvalue weighted by Gasteiger charge is -2.27. The first-order chi connectivity index (χ1) is 9.95. The third kappa shape index (κ3) is 2.83. The minimum absolute atomic E-state index is 0.181. The second kappa shape index (κ2) is 5.86. The maximum Gasteiger partial charge on any atom is 0.323 e. The van der Waals surface area contributed by atoms with E-state index >= 15 is 0 Å². The SMILES string of the molecule is CCC(C)N(CC(=O)O)C(=O)c1cnc2ncnn2c1C. The number of amides is 1. The van der Waals surface area contributed by atoms with Crippen LogP contribution in [0, 0.1) is 6.92 Å². The Balaban J connectivity index is 2.42. The topological polar surface area (TPSA) is 101 Å². The molecule has 21 heavy (non-hydrogen) atoms. The van der Waals surface area contributed by atoms with Gasteiger partial charge in [0.05, 0.1) is 11.3 Å². The molecule has 8 heteroatoms. The Morgan fingerprint density at radius 3 is 2.76 bits per heavy atom. The molecule has 0 aliphatic heterocycles. The molecule has 8 nitrogen and oxygen atoms in total. The predicted molar refractivity (Wildman–Crippen MR) is 73.9 cm³/mol. The standard InChI is InChI=1S/C13H17N5O3/c1-4-8(2)17(6-11(19)20)12(21)10-5-14-13-15-7-16-18(13)9(10)3/h5,7-8H,4,6H2,1-3H3,(H,19,20). The van der Waals surface area contributed by atoms with E-state index < -0.39 is 5.97 Å². The number of aromatic nitrogens is 4. The van der Waals surface area contributed by atoms with E-state index in [1.807, 2.05) is 13.8 Å². The van der Waals surface area contributed by atoms with Gasteiger partial charge in [-0.2, -0.15) is 10.1 Å². The van der Waals surface area contributed by atoms with Crippen molar-refractivity contribution in [2.45, 2.75) is 33.2 Å². The maximum absolute atomic E-state index is 12.6. The Morgan fingerprint density at radius 1 is 1.43 bits per heavy atom. The van der Waals surface area contributed by atoms with Crippen molar-refractivity contribution in [2.24, 2.45) is 0 Å². The normalized spacial score (nSPS) is 12.3. The molecule has 2 heterocycles. The van der Waals surface area contributed by atoms with Gasteiger partial charge in [0.25, 0.3) is 11.7 Å². The molecule has 112 valence electrons. The molecule has 0 saturated heterocycles. The molecule has 0 aliphatic carbocycles. The summed E-state index contributed by atoms with van der Waals surface area (Å²) in [5.74, 6) is -1.01. The van der Waals surface area contributed by atoms with E-state index in [1.54, 1.807) is 6.92 Å². The molecule has 1 unspecified atom stereocenters. The Kier molecular flexibility index (Phi) is 4.15. The molecule has 1 atom stereocenters. The first-order valence-corrected chi connectivity index (χ1v) is 6.63. The van der Waals surface area contributed by atoms with E-state index in [0.29, 0.717) is 23.5 Å². The van der Waals surface area contributed by atoms with E-state index in [1.165, 1.54) is 21.9 Å². The summed E-state index contributed by atoms with van der Waals surface area (Å²) in [5.41, 5.74) is 0.913. The number of hydrogen-bond donors (Lipinski definition) is 1. The van der Waals surface area contributed by atoms with Gasteiger partial charge < -0.3 is 10.0 Å². The zero-order valence-electron chi connectivity index (χ0n) is 12.1. The van der Waals surface area contributed by atoms with Crippen LogP contribution in [-0.2, 0) is 4.79 Å². The smallest absolute Gasteiger partial charge is 0.323 e. The zero-order valence-corrected chi connectivity index (χ0v) is 12.1. The first kappa shape index (κ1) is 14.9. The molecule has 0 bridgehead atoms. The summed E-state index contributed by atoms with van der Waals surface area (Å²) in [6, 6.07) is -0.181. The van der Waals surface area contributed by atoms with Gasteiger partial charge in [-0.05, 0) is 20.3 Å². The van der Waals surface area contributed by atoms with Gasteiger partial charge in [0.15, 0.2) is 0 Å². The van der Waals surface area contributed by atoms with Crippen molar-refractivity contribution in [3.63, 3.8) is 0 Å². The lowest BCUT2D eigenvalue weighted by atomic mass is 10.1. The molecule has 0 saturated carbocycles. The highest BCUT2D eigenvalue weighted by atomic mass is 16.4. The quantitative estimate of drug-likeness (QED) is 0.872. The predicted octanol–water partition coefficient (Wildman–Crippen LogP) is 0.758. The second-order valence-corrected chi connectivity index (χ2v) is 4.81. The van der Waals surface area contributed by atoms with Gasteiger partial charge in [-0.1, -0.05) is 6.92 Å². The molecule has 2 aromatic rings. The van der Waals surface area contributed by atoms with Crippen LogP contribution in [0.5, 0.6) is 0 Å². The molecular formula is C13H17N5O3. The average Bonchev–Trinajstić information content (AvgIpc) is 2.93. The number of carboxylic acid groups (broad SMARTS) is 1. The van der Waals surface area contributed by atoms with Gasteiger partial charge in [0.2, 0.25) is 0 Å². The van der Waals surface area contributed by atoms with Crippen LogP contribution in [0.25, 0.3) is 5.78 Å². The van der Waals surface area contributed by atoms with Crippen molar-refractivity contribution >= 4 is 17.7 Å². The average molecular weight is 291 g/mol. The van der Waals surface area contributed by atoms with Crippen LogP contribution in [0.2, 0.25) is 0 Å². The summed E-state index contributed by atoms with van der Waals surface area (Å²) in [7, 11) is 0. The number of rotatable bonds is 5. The number of nitrogens with zero attached hydrogens (tertiary/aromatic N) is 5. The summed E-state index contributed by atoms with van der Waals surface area (Å²) in [6.07, 6.45) is 3.43. The Bertz CT molecular complexity index is 681. The molecular weight excluding hydrogens is 274 g/mol. The summed E-state index contributed by atoms with van der Waals surface area (Å²) >= 11 is 0. The van der Waals surface area contributed by atoms with Crippen LogP contribution in [-0.4, -0.2) is 54.1 Å². The number of aryl methyl sites for hydroxylation is 1. The molecule has 0 aliphatic rings. The molecule has 0 fully saturated rings. The number of carbonyl (C=O) groups is 2. The van der Waals surface area contributed by atoms with Crippen molar-refractivity contribution < 1.29 is 14.7 Å². The summed E-state index contributed by atoms with van der Waals surface area (Å²) in [6.45, 7) is 5.10. The number of aliphatic carboxylic acids is 1. The highest BCUT2D eigenvalue weighted by Gasteiger charge is 2.25. The highest BCUT2D eigenvalue weighted by Crippen LogP contribution is 2.14. The van der Waals surface area contributed by atoms with Crippen molar-refractivity contribution in [1.82, 2.24) is 24.5 Å². The van der Waals surface area contributed by atoms with Crippen molar-refractivity contribution in [3.8, 4) is 0 Å². The lowest BCUT2D eigenvalue weighted by Crippen LogP contribution is -2.42. The Hall–Kier alpha value is -2.51. The van der Waals surface area contributed by atoms with Crippen LogP contribution < -0.4 is 0 Å². The zero-order chi connectivity index (χ0) is 15.6. The van der Waals surface area contributed by atoms with Gasteiger partial charge in [-0.3, -0.25) is 9.59 Å². The first-order valence-electron chi connectivity index (χ1n) is 6.63. The second-order valence-electron chi connectivity index (χ2n) is 4.81. The van der Waals surface area contributed by atoms with E-state index in [9.17, 15) is 9.59 Å². The molecule has 2 rings (SSSR count). The molecule has 0 spiro atoms. The number of fused-ring (bicyclic) bond motifs is 1. The summed E-state index contributed by atoms with van der Waals surface area (Å²) in [4.78, 5) is 33.0. The van der Waals surface area contributed by atoms with Crippen LogP contribution in [0.15, 0.2) is 12.5 Å². The third-order valence-corrected chi connectivity index (χ3v) is 3.47. The largest absolute Gasteiger partial charge is 0.480 e. The maximum atomic E-state index is 12.6. The van der Waals surface area contributed by atoms with Crippen LogP contribution in [0.3, 0.4) is 0 Å². The highest BCUT2D eigenvalue weighted by molar-refractivity contribution is 5.96. The fraction of sp³-hybridized carbons (Fsp3) is 0.462. The summed E-state index contributed by atoms with van der Waals surface area (Å²) < 4.78 is 1.46. The van der Waals surface area contributed by atoms with Crippen molar-refractivity contribution in [1.29, 1.82) is 0 Å². The molecule has 0 aromatic carbocycles. The fourth-order valence-electron chi connectivity index (χ4n) is 2.05. The number of carbonyl (C=O) groups excluding carboxylic acids is 1. The minimum atomic E-state index is -1.05. The van der Waals surface area contributed by atoms with Crippen molar-refractivity contribution in [3.05, 3.63) is 23.8 Å². The van der Waals surface area contributed by atoms with E-state index in [2.05, 4.69) is 15.1 Å². The third-order valence-electron chi connectivity index (χ3n) is 3.47. The van der Waals surface area contributed by atoms with Gasteiger partial charge >= 0.3 is 5.97 Å². The van der Waals surface area contributed by atoms with Crippen LogP contribution in [0.1, 0.15) is 36.3 Å². The molecule has 1 amide bonds. The molecule has 2 aromatic heterocycles. The fourth-order valence-corrected chi connectivity index (χ4v) is 2.05. The minimum Gasteiger partial charge on any atom is -0.480 e. The van der Waals surface area contributed by atoms with Crippen LogP contribution >= 0.6 is 0 Å². The molecule has 0 radical (unpaired) electrons.